The summed E-state index contributed by atoms with van der Waals surface area (Å²) in [7, 11) is 1.84. The summed E-state index contributed by atoms with van der Waals surface area (Å²) in [5.74, 6) is 0.950. The highest BCUT2D eigenvalue weighted by molar-refractivity contribution is 8.03. The van der Waals surface area contributed by atoms with Gasteiger partial charge in [-0.1, -0.05) is 38.0 Å². The fourth-order valence-corrected chi connectivity index (χ4v) is 1.76. The molecule has 0 aliphatic carbocycles. The number of likely N-dealkylation sites (N-methyl/N-ethyl adjacent to an activating group) is 1. The Labute approximate surface area is 102 Å². The van der Waals surface area contributed by atoms with E-state index in [1.54, 1.807) is 24.8 Å². The fourth-order valence-electron chi connectivity index (χ4n) is 1.03. The molecule has 16 heavy (non-hydrogen) atoms. The van der Waals surface area contributed by atoms with Crippen molar-refractivity contribution in [1.82, 2.24) is 4.90 Å². The van der Waals surface area contributed by atoms with E-state index in [1.165, 1.54) is 0 Å². The standard InChI is InChI=1S/C13H19NOS/c1-6-7-8-9-16-13(4)12(3)14(5)10-11(2)15/h6-8H,1,3-4,9-10H2,2,5H3/b8-7+. The molecule has 88 valence electrons. The summed E-state index contributed by atoms with van der Waals surface area (Å²) in [5.41, 5.74) is 0.798. The molecule has 0 heterocycles. The van der Waals surface area contributed by atoms with Gasteiger partial charge in [0.1, 0.15) is 5.78 Å². The molecule has 0 aliphatic rings. The van der Waals surface area contributed by atoms with Gasteiger partial charge in [-0.15, -0.1) is 11.8 Å². The summed E-state index contributed by atoms with van der Waals surface area (Å²) >= 11 is 1.60. The van der Waals surface area contributed by atoms with Crippen molar-refractivity contribution in [1.29, 1.82) is 0 Å². The number of thioether (sulfide) groups is 1. The summed E-state index contributed by atoms with van der Waals surface area (Å²) in [5, 5.41) is 0. The van der Waals surface area contributed by atoms with Crippen molar-refractivity contribution in [2.45, 2.75) is 6.92 Å². The molecule has 0 aliphatic heterocycles. The lowest BCUT2D eigenvalue weighted by atomic mass is 10.3. The molecule has 2 nitrogen and oxygen atoms in total. The van der Waals surface area contributed by atoms with Crippen LogP contribution in [-0.4, -0.2) is 30.0 Å². The van der Waals surface area contributed by atoms with Crippen molar-refractivity contribution < 1.29 is 4.79 Å². The van der Waals surface area contributed by atoms with Crippen LogP contribution in [0.4, 0.5) is 0 Å². The SMILES string of the molecule is C=C/C=C/CSC(=C)C(=C)N(C)CC(C)=O. The molecular weight excluding hydrogens is 218 g/mol. The molecule has 0 bridgehead atoms. The Balaban J connectivity index is 4.07. The predicted octanol–water partition coefficient (Wildman–Crippen LogP) is 3.01. The minimum absolute atomic E-state index is 0.119. The van der Waals surface area contributed by atoms with Crippen LogP contribution in [-0.2, 0) is 4.79 Å². The largest absolute Gasteiger partial charge is 0.367 e. The summed E-state index contributed by atoms with van der Waals surface area (Å²) in [4.78, 5) is 13.6. The topological polar surface area (TPSA) is 20.3 Å². The zero-order valence-corrected chi connectivity index (χ0v) is 10.8. The molecule has 0 saturated heterocycles. The zero-order chi connectivity index (χ0) is 12.6. The van der Waals surface area contributed by atoms with E-state index in [2.05, 4.69) is 19.7 Å². The summed E-state index contributed by atoms with van der Waals surface area (Å²) < 4.78 is 0. The number of allylic oxidation sites excluding steroid dienone is 2. The molecule has 0 aromatic heterocycles. The Kier molecular flexibility index (Phi) is 7.38. The first-order valence-corrected chi connectivity index (χ1v) is 5.96. The number of carbonyl (C=O) groups excluding carboxylic acids is 1. The van der Waals surface area contributed by atoms with Gasteiger partial charge in [0.25, 0.3) is 0 Å². The molecule has 0 aromatic carbocycles. The van der Waals surface area contributed by atoms with Crippen molar-refractivity contribution in [3.8, 4) is 0 Å². The summed E-state index contributed by atoms with van der Waals surface area (Å²) in [6.07, 6.45) is 5.63. The van der Waals surface area contributed by atoms with Crippen molar-refractivity contribution in [2.24, 2.45) is 0 Å². The van der Waals surface area contributed by atoms with E-state index in [9.17, 15) is 4.79 Å². The molecular formula is C13H19NOS. The van der Waals surface area contributed by atoms with Gasteiger partial charge in [-0.3, -0.25) is 4.79 Å². The highest BCUT2D eigenvalue weighted by atomic mass is 32.2. The minimum atomic E-state index is 0.119. The second-order valence-electron chi connectivity index (χ2n) is 3.40. The van der Waals surface area contributed by atoms with Gasteiger partial charge in [0, 0.05) is 23.4 Å². The van der Waals surface area contributed by atoms with Gasteiger partial charge in [0.2, 0.25) is 0 Å². The van der Waals surface area contributed by atoms with Crippen LogP contribution < -0.4 is 0 Å². The first-order chi connectivity index (χ1) is 7.49. The lowest BCUT2D eigenvalue weighted by Gasteiger charge is -2.21. The van der Waals surface area contributed by atoms with Gasteiger partial charge in [0.15, 0.2) is 0 Å². The van der Waals surface area contributed by atoms with E-state index < -0.39 is 0 Å². The number of Topliss-reactive ketones (excluding diaryl/α,β-unsaturated/α-hetero) is 1. The Hall–Kier alpha value is -1.22. The first-order valence-electron chi connectivity index (χ1n) is 4.98. The van der Waals surface area contributed by atoms with Gasteiger partial charge >= 0.3 is 0 Å². The van der Waals surface area contributed by atoms with Crippen LogP contribution in [0.3, 0.4) is 0 Å². The van der Waals surface area contributed by atoms with Crippen LogP contribution in [0.15, 0.2) is 48.6 Å². The van der Waals surface area contributed by atoms with Gasteiger partial charge in [-0.05, 0) is 6.92 Å². The molecule has 0 unspecified atom stereocenters. The molecule has 0 spiro atoms. The number of carbonyl (C=O) groups is 1. The van der Waals surface area contributed by atoms with Gasteiger partial charge < -0.3 is 4.90 Å². The van der Waals surface area contributed by atoms with Crippen molar-refractivity contribution >= 4 is 17.5 Å². The number of hydrogen-bond donors (Lipinski definition) is 0. The fraction of sp³-hybridized carbons (Fsp3) is 0.308. The van der Waals surface area contributed by atoms with Crippen LogP contribution in [0, 0.1) is 0 Å². The molecule has 0 radical (unpaired) electrons. The molecule has 0 saturated carbocycles. The van der Waals surface area contributed by atoms with Crippen LogP contribution in [0.1, 0.15) is 6.92 Å². The monoisotopic (exact) mass is 237 g/mol. The number of nitrogens with zero attached hydrogens (tertiary/aromatic N) is 1. The summed E-state index contributed by atoms with van der Waals surface area (Å²) in [6, 6.07) is 0. The smallest absolute Gasteiger partial charge is 0.149 e. The normalized spacial score (nSPS) is 10.1. The Bertz CT molecular complexity index is 318. The number of ketones is 1. The van der Waals surface area contributed by atoms with Crippen molar-refractivity contribution in [2.75, 3.05) is 19.3 Å². The molecule has 0 N–H and O–H groups in total. The Morgan fingerprint density at radius 2 is 2.06 bits per heavy atom. The third kappa shape index (κ3) is 6.30. The van der Waals surface area contributed by atoms with Crippen LogP contribution >= 0.6 is 11.8 Å². The first kappa shape index (κ1) is 14.8. The van der Waals surface area contributed by atoms with Gasteiger partial charge in [0.05, 0.1) is 6.54 Å². The number of rotatable bonds is 8. The van der Waals surface area contributed by atoms with E-state index in [0.29, 0.717) is 6.54 Å². The van der Waals surface area contributed by atoms with Crippen molar-refractivity contribution in [3.05, 3.63) is 48.6 Å². The van der Waals surface area contributed by atoms with E-state index >= 15 is 0 Å². The quantitative estimate of drug-likeness (QED) is 0.605. The molecule has 0 fully saturated rings. The third-order valence-electron chi connectivity index (χ3n) is 1.87. The van der Waals surface area contributed by atoms with Crippen molar-refractivity contribution in [3.63, 3.8) is 0 Å². The maximum Gasteiger partial charge on any atom is 0.149 e. The molecule has 0 rings (SSSR count). The zero-order valence-electron chi connectivity index (χ0n) is 10.0. The number of hydrogen-bond acceptors (Lipinski definition) is 3. The highest BCUT2D eigenvalue weighted by Crippen LogP contribution is 2.22. The Morgan fingerprint density at radius 3 is 2.56 bits per heavy atom. The average Bonchev–Trinajstić information content (AvgIpc) is 2.22. The predicted molar refractivity (Wildman–Crippen MR) is 73.4 cm³/mol. The van der Waals surface area contributed by atoms with E-state index in [-0.39, 0.29) is 5.78 Å². The van der Waals surface area contributed by atoms with Crippen LogP contribution in [0.2, 0.25) is 0 Å². The maximum atomic E-state index is 10.9. The van der Waals surface area contributed by atoms with Gasteiger partial charge in [-0.25, -0.2) is 0 Å². The lowest BCUT2D eigenvalue weighted by Crippen LogP contribution is -2.23. The van der Waals surface area contributed by atoms with E-state index in [0.717, 1.165) is 16.4 Å². The lowest BCUT2D eigenvalue weighted by molar-refractivity contribution is -0.117. The van der Waals surface area contributed by atoms with E-state index in [1.807, 2.05) is 24.1 Å². The second-order valence-corrected chi connectivity index (χ2v) is 4.52. The van der Waals surface area contributed by atoms with Crippen LogP contribution in [0.5, 0.6) is 0 Å². The maximum absolute atomic E-state index is 10.9. The van der Waals surface area contributed by atoms with E-state index in [4.69, 9.17) is 0 Å². The minimum Gasteiger partial charge on any atom is -0.367 e. The Morgan fingerprint density at radius 1 is 1.44 bits per heavy atom. The second kappa shape index (κ2) is 7.99. The highest BCUT2D eigenvalue weighted by Gasteiger charge is 2.07. The molecule has 0 atom stereocenters. The molecule has 0 amide bonds. The van der Waals surface area contributed by atoms with Gasteiger partial charge in [-0.2, -0.15) is 0 Å². The average molecular weight is 237 g/mol. The van der Waals surface area contributed by atoms with Crippen LogP contribution in [0.25, 0.3) is 0 Å². The molecule has 0 aromatic rings. The third-order valence-corrected chi connectivity index (χ3v) is 2.81. The summed E-state index contributed by atoms with van der Waals surface area (Å²) in [6.45, 7) is 13.4. The molecule has 3 heteroatoms.